The lowest BCUT2D eigenvalue weighted by Crippen LogP contribution is -1.91. The third kappa shape index (κ3) is 2.20. The lowest BCUT2D eigenvalue weighted by atomic mass is 10.2. The zero-order valence-electron chi connectivity index (χ0n) is 10.5. The van der Waals surface area contributed by atoms with Crippen LogP contribution in [0.15, 0.2) is 24.3 Å². The number of imidazole rings is 1. The van der Waals surface area contributed by atoms with Crippen molar-refractivity contribution in [1.82, 2.24) is 15.0 Å². The molecule has 1 N–H and O–H groups in total. The normalized spacial score (nSPS) is 11.2. The standard InChI is InChI=1S/C14H11Cl2N3/c1-7-3-4-9(8(2)17-7)14-18-12-5-10(15)11(16)6-13(12)19-14/h3-6H,1-2H3,(H,18,19). The van der Waals surface area contributed by atoms with Crippen molar-refractivity contribution < 1.29 is 0 Å². The predicted molar refractivity (Wildman–Crippen MR) is 78.8 cm³/mol. The van der Waals surface area contributed by atoms with E-state index in [0.29, 0.717) is 10.0 Å². The van der Waals surface area contributed by atoms with Crippen molar-refractivity contribution in [2.24, 2.45) is 0 Å². The summed E-state index contributed by atoms with van der Waals surface area (Å²) in [7, 11) is 0. The maximum Gasteiger partial charge on any atom is 0.140 e. The van der Waals surface area contributed by atoms with E-state index in [0.717, 1.165) is 33.8 Å². The fourth-order valence-corrected chi connectivity index (χ4v) is 2.39. The minimum absolute atomic E-state index is 0.506. The van der Waals surface area contributed by atoms with E-state index in [1.54, 1.807) is 12.1 Å². The number of hydrogen-bond acceptors (Lipinski definition) is 2. The lowest BCUT2D eigenvalue weighted by molar-refractivity contribution is 1.11. The number of aromatic nitrogens is 3. The molecule has 3 aromatic rings. The van der Waals surface area contributed by atoms with Gasteiger partial charge in [-0.2, -0.15) is 0 Å². The van der Waals surface area contributed by atoms with Crippen LogP contribution in [0.3, 0.4) is 0 Å². The van der Waals surface area contributed by atoms with E-state index in [4.69, 9.17) is 23.2 Å². The van der Waals surface area contributed by atoms with Crippen molar-refractivity contribution >= 4 is 34.2 Å². The van der Waals surface area contributed by atoms with Crippen LogP contribution in [0.1, 0.15) is 11.4 Å². The summed E-state index contributed by atoms with van der Waals surface area (Å²) in [6.45, 7) is 3.93. The maximum absolute atomic E-state index is 6.00. The molecule has 0 fully saturated rings. The monoisotopic (exact) mass is 291 g/mol. The first kappa shape index (κ1) is 12.5. The first-order chi connectivity index (χ1) is 9.04. The molecule has 0 aliphatic heterocycles. The Morgan fingerprint density at radius 1 is 1.00 bits per heavy atom. The van der Waals surface area contributed by atoms with Crippen molar-refractivity contribution in [3.05, 3.63) is 45.7 Å². The molecule has 3 nitrogen and oxygen atoms in total. The summed E-state index contributed by atoms with van der Waals surface area (Å²) in [6, 6.07) is 7.52. The summed E-state index contributed by atoms with van der Waals surface area (Å²) in [5, 5.41) is 1.02. The Morgan fingerprint density at radius 3 is 2.47 bits per heavy atom. The van der Waals surface area contributed by atoms with E-state index in [1.165, 1.54) is 0 Å². The first-order valence-electron chi connectivity index (χ1n) is 5.84. The molecule has 19 heavy (non-hydrogen) atoms. The van der Waals surface area contributed by atoms with Crippen LogP contribution in [-0.4, -0.2) is 15.0 Å². The van der Waals surface area contributed by atoms with Crippen LogP contribution in [0.25, 0.3) is 22.4 Å². The molecule has 0 unspecified atom stereocenters. The zero-order valence-corrected chi connectivity index (χ0v) is 12.0. The highest BCUT2D eigenvalue weighted by Gasteiger charge is 2.10. The van der Waals surface area contributed by atoms with Crippen LogP contribution in [0.4, 0.5) is 0 Å². The van der Waals surface area contributed by atoms with Gasteiger partial charge in [-0.25, -0.2) is 4.98 Å². The van der Waals surface area contributed by atoms with E-state index in [-0.39, 0.29) is 0 Å². The average molecular weight is 292 g/mol. The molecule has 5 heteroatoms. The maximum atomic E-state index is 6.00. The predicted octanol–water partition coefficient (Wildman–Crippen LogP) is 4.55. The number of aromatic amines is 1. The summed E-state index contributed by atoms with van der Waals surface area (Å²) in [5.41, 5.74) is 4.57. The molecule has 0 saturated heterocycles. The van der Waals surface area contributed by atoms with Gasteiger partial charge in [0.25, 0.3) is 0 Å². The second kappa shape index (κ2) is 4.51. The van der Waals surface area contributed by atoms with Crippen molar-refractivity contribution in [2.75, 3.05) is 0 Å². The third-order valence-corrected chi connectivity index (χ3v) is 3.73. The molecule has 2 aromatic heterocycles. The SMILES string of the molecule is Cc1ccc(-c2nc3cc(Cl)c(Cl)cc3[nH]2)c(C)n1. The molecule has 0 atom stereocenters. The highest BCUT2D eigenvalue weighted by atomic mass is 35.5. The van der Waals surface area contributed by atoms with Crippen LogP contribution in [0.5, 0.6) is 0 Å². The van der Waals surface area contributed by atoms with Crippen LogP contribution in [0, 0.1) is 13.8 Å². The fraction of sp³-hybridized carbons (Fsp3) is 0.143. The number of pyridine rings is 1. The Balaban J connectivity index is 2.20. The van der Waals surface area contributed by atoms with Gasteiger partial charge in [0.15, 0.2) is 0 Å². The molecule has 0 aliphatic carbocycles. The number of halogens is 2. The van der Waals surface area contributed by atoms with E-state index in [2.05, 4.69) is 15.0 Å². The zero-order chi connectivity index (χ0) is 13.6. The van der Waals surface area contributed by atoms with Gasteiger partial charge in [-0.15, -0.1) is 0 Å². The molecule has 0 radical (unpaired) electrons. The Labute approximate surface area is 120 Å². The molecule has 0 saturated carbocycles. The molecular formula is C14H11Cl2N3. The largest absolute Gasteiger partial charge is 0.338 e. The lowest BCUT2D eigenvalue weighted by Gasteiger charge is -2.02. The second-order valence-corrected chi connectivity index (χ2v) is 5.27. The van der Waals surface area contributed by atoms with Crippen molar-refractivity contribution in [3.63, 3.8) is 0 Å². The number of aryl methyl sites for hydroxylation is 2. The van der Waals surface area contributed by atoms with E-state index in [1.807, 2.05) is 26.0 Å². The molecule has 0 amide bonds. The number of fused-ring (bicyclic) bond motifs is 1. The molecular weight excluding hydrogens is 281 g/mol. The van der Waals surface area contributed by atoms with Gasteiger partial charge in [-0.05, 0) is 38.1 Å². The molecule has 0 spiro atoms. The third-order valence-electron chi connectivity index (χ3n) is 3.00. The molecule has 0 bridgehead atoms. The summed E-state index contributed by atoms with van der Waals surface area (Å²) in [4.78, 5) is 12.2. The number of rotatable bonds is 1. The van der Waals surface area contributed by atoms with E-state index < -0.39 is 0 Å². The van der Waals surface area contributed by atoms with Gasteiger partial charge in [0.05, 0.1) is 21.1 Å². The van der Waals surface area contributed by atoms with Gasteiger partial charge in [0.1, 0.15) is 5.82 Å². The summed E-state index contributed by atoms with van der Waals surface area (Å²) < 4.78 is 0. The van der Waals surface area contributed by atoms with E-state index in [9.17, 15) is 0 Å². The fourth-order valence-electron chi connectivity index (χ4n) is 2.07. The number of hydrogen-bond donors (Lipinski definition) is 1. The Kier molecular flexibility index (Phi) is 2.96. The number of nitrogens with one attached hydrogen (secondary N) is 1. The number of nitrogens with zero attached hydrogens (tertiary/aromatic N) is 2. The van der Waals surface area contributed by atoms with Gasteiger partial charge in [-0.1, -0.05) is 23.2 Å². The first-order valence-corrected chi connectivity index (χ1v) is 6.59. The molecule has 1 aromatic carbocycles. The van der Waals surface area contributed by atoms with Gasteiger partial charge < -0.3 is 4.98 Å². The second-order valence-electron chi connectivity index (χ2n) is 4.45. The molecule has 3 rings (SSSR count). The quantitative estimate of drug-likeness (QED) is 0.715. The highest BCUT2D eigenvalue weighted by molar-refractivity contribution is 6.42. The van der Waals surface area contributed by atoms with E-state index >= 15 is 0 Å². The summed E-state index contributed by atoms with van der Waals surface area (Å²) in [6.07, 6.45) is 0. The van der Waals surface area contributed by atoms with Crippen molar-refractivity contribution in [1.29, 1.82) is 0 Å². The molecule has 0 aliphatic rings. The van der Waals surface area contributed by atoms with Gasteiger partial charge >= 0.3 is 0 Å². The molecule has 2 heterocycles. The van der Waals surface area contributed by atoms with Crippen LogP contribution in [-0.2, 0) is 0 Å². The van der Waals surface area contributed by atoms with Crippen molar-refractivity contribution in [2.45, 2.75) is 13.8 Å². The summed E-state index contributed by atoms with van der Waals surface area (Å²) in [5.74, 6) is 0.776. The molecule has 96 valence electrons. The Morgan fingerprint density at radius 2 is 1.74 bits per heavy atom. The van der Waals surface area contributed by atoms with Crippen LogP contribution in [0.2, 0.25) is 10.0 Å². The number of benzene rings is 1. The minimum atomic E-state index is 0.506. The Bertz CT molecular complexity index is 739. The summed E-state index contributed by atoms with van der Waals surface area (Å²) >= 11 is 12.0. The number of H-pyrrole nitrogens is 1. The highest BCUT2D eigenvalue weighted by Crippen LogP contribution is 2.29. The minimum Gasteiger partial charge on any atom is -0.338 e. The van der Waals surface area contributed by atoms with Crippen LogP contribution >= 0.6 is 23.2 Å². The van der Waals surface area contributed by atoms with Crippen molar-refractivity contribution in [3.8, 4) is 11.4 Å². The topological polar surface area (TPSA) is 41.6 Å². The van der Waals surface area contributed by atoms with Gasteiger partial charge in [0.2, 0.25) is 0 Å². The van der Waals surface area contributed by atoms with Gasteiger partial charge in [-0.3, -0.25) is 4.98 Å². The van der Waals surface area contributed by atoms with Gasteiger partial charge in [0, 0.05) is 17.0 Å². The Hall–Kier alpha value is -1.58. The van der Waals surface area contributed by atoms with Crippen LogP contribution < -0.4 is 0 Å². The smallest absolute Gasteiger partial charge is 0.140 e. The average Bonchev–Trinajstić information content (AvgIpc) is 2.72.